The molecule has 94 valence electrons. The Bertz CT molecular complexity index is 372. The number of benzene rings is 1. The van der Waals surface area contributed by atoms with Gasteiger partial charge in [-0.15, -0.1) is 0 Å². The van der Waals surface area contributed by atoms with Crippen molar-refractivity contribution in [2.24, 2.45) is 5.73 Å². The van der Waals surface area contributed by atoms with Gasteiger partial charge in [-0.2, -0.15) is 0 Å². The lowest BCUT2D eigenvalue weighted by Gasteiger charge is -2.18. The molecule has 0 aliphatic heterocycles. The summed E-state index contributed by atoms with van der Waals surface area (Å²) in [5.41, 5.74) is 5.87. The first-order valence-electron chi connectivity index (χ1n) is 4.92. The highest BCUT2D eigenvalue weighted by Crippen LogP contribution is 2.23. The van der Waals surface area contributed by atoms with Crippen LogP contribution < -0.4 is 5.73 Å². The van der Waals surface area contributed by atoms with Crippen LogP contribution in [0.15, 0.2) is 24.3 Å². The number of carbonyl (C=O) groups is 1. The average Bonchev–Trinajstić information content (AvgIpc) is 2.30. The van der Waals surface area contributed by atoms with Gasteiger partial charge in [0.2, 0.25) is 0 Å². The maximum atomic E-state index is 10.6. The van der Waals surface area contributed by atoms with Crippen LogP contribution in [0.5, 0.6) is 0 Å². The minimum atomic E-state index is -0.818. The quantitative estimate of drug-likeness (QED) is 0.629. The fourth-order valence-corrected chi connectivity index (χ4v) is 2.01. The van der Waals surface area contributed by atoms with Gasteiger partial charge in [-0.3, -0.25) is 0 Å². The summed E-state index contributed by atoms with van der Waals surface area (Å²) in [6, 6.07) is 7.67. The van der Waals surface area contributed by atoms with E-state index in [1.54, 1.807) is 0 Å². The molecule has 1 aromatic carbocycles. The Morgan fingerprint density at radius 2 is 2.18 bits per heavy atom. The van der Waals surface area contributed by atoms with Crippen LogP contribution in [0.3, 0.4) is 0 Å². The molecular weight excluding hydrogens is 337 g/mol. The number of nitrogens with two attached hydrogens (primary N) is 1. The number of hydrogen-bond acceptors (Lipinski definition) is 4. The SMILES string of the molecule is COCO[C@H](COC(N)=O)c1ccccc1I. The molecule has 5 nitrogen and oxygen atoms in total. The van der Waals surface area contributed by atoms with Gasteiger partial charge in [0, 0.05) is 10.7 Å². The first-order valence-corrected chi connectivity index (χ1v) is 6.00. The lowest BCUT2D eigenvalue weighted by Crippen LogP contribution is -2.20. The molecule has 0 saturated carbocycles. The van der Waals surface area contributed by atoms with Gasteiger partial charge in [0.25, 0.3) is 0 Å². The number of primary amides is 1. The van der Waals surface area contributed by atoms with Crippen molar-refractivity contribution in [3.05, 3.63) is 33.4 Å². The van der Waals surface area contributed by atoms with E-state index in [0.717, 1.165) is 9.13 Å². The van der Waals surface area contributed by atoms with E-state index in [9.17, 15) is 4.79 Å². The normalized spacial score (nSPS) is 12.1. The number of ether oxygens (including phenoxy) is 3. The third-order valence-electron chi connectivity index (χ3n) is 2.02. The smallest absolute Gasteiger partial charge is 0.404 e. The van der Waals surface area contributed by atoms with Crippen molar-refractivity contribution >= 4 is 28.7 Å². The molecule has 0 radical (unpaired) electrons. The second-order valence-corrected chi connectivity index (χ2v) is 4.38. The van der Waals surface area contributed by atoms with E-state index in [1.165, 1.54) is 7.11 Å². The second-order valence-electron chi connectivity index (χ2n) is 3.21. The molecule has 0 aromatic heterocycles. The number of halogens is 1. The molecule has 0 unspecified atom stereocenters. The summed E-state index contributed by atoms with van der Waals surface area (Å²) in [6.45, 7) is 0.191. The molecular formula is C11H14INO4. The molecule has 1 rings (SSSR count). The Balaban J connectivity index is 2.74. The van der Waals surface area contributed by atoms with Crippen LogP contribution in [-0.2, 0) is 14.2 Å². The standard InChI is InChI=1S/C11H14INO4/c1-15-7-17-10(6-16-11(13)14)8-4-2-3-5-9(8)12/h2-5,10H,6-7H2,1H3,(H2,13,14)/t10-/m1/s1. The maximum Gasteiger partial charge on any atom is 0.404 e. The van der Waals surface area contributed by atoms with Crippen molar-refractivity contribution in [1.29, 1.82) is 0 Å². The van der Waals surface area contributed by atoms with Crippen molar-refractivity contribution < 1.29 is 19.0 Å². The first kappa shape index (κ1) is 14.2. The lowest BCUT2D eigenvalue weighted by molar-refractivity contribution is -0.0898. The van der Waals surface area contributed by atoms with Crippen LogP contribution in [0.25, 0.3) is 0 Å². The average molecular weight is 351 g/mol. The summed E-state index contributed by atoms with van der Waals surface area (Å²) in [7, 11) is 1.53. The minimum absolute atomic E-state index is 0.0682. The van der Waals surface area contributed by atoms with Gasteiger partial charge < -0.3 is 19.9 Å². The van der Waals surface area contributed by atoms with Gasteiger partial charge >= 0.3 is 6.09 Å². The van der Waals surface area contributed by atoms with Gasteiger partial charge in [-0.05, 0) is 34.2 Å². The van der Waals surface area contributed by atoms with Gasteiger partial charge in [0.1, 0.15) is 19.5 Å². The van der Waals surface area contributed by atoms with E-state index in [4.69, 9.17) is 19.9 Å². The van der Waals surface area contributed by atoms with E-state index in [1.807, 2.05) is 24.3 Å². The second kappa shape index (κ2) is 7.46. The zero-order chi connectivity index (χ0) is 12.7. The van der Waals surface area contributed by atoms with Crippen LogP contribution in [0.2, 0.25) is 0 Å². The highest BCUT2D eigenvalue weighted by molar-refractivity contribution is 14.1. The Hall–Kier alpha value is -0.860. The largest absolute Gasteiger partial charge is 0.447 e. The van der Waals surface area contributed by atoms with E-state index in [-0.39, 0.29) is 19.5 Å². The van der Waals surface area contributed by atoms with Crippen molar-refractivity contribution in [2.45, 2.75) is 6.10 Å². The number of methoxy groups -OCH3 is 1. The summed E-state index contributed by atoms with van der Waals surface area (Å²) < 4.78 is 16.1. The number of hydrogen-bond donors (Lipinski definition) is 1. The van der Waals surface area contributed by atoms with Gasteiger partial charge in [-0.25, -0.2) is 4.79 Å². The Kier molecular flexibility index (Phi) is 6.23. The Labute approximate surface area is 113 Å². The van der Waals surface area contributed by atoms with Crippen molar-refractivity contribution in [3.63, 3.8) is 0 Å². The summed E-state index contributed by atoms with van der Waals surface area (Å²) in [6.07, 6.45) is -1.20. The minimum Gasteiger partial charge on any atom is -0.447 e. The van der Waals surface area contributed by atoms with Crippen LogP contribution in [0, 0.1) is 3.57 Å². The number of rotatable bonds is 6. The van der Waals surface area contributed by atoms with E-state index in [2.05, 4.69) is 22.6 Å². The van der Waals surface area contributed by atoms with Crippen molar-refractivity contribution in [1.82, 2.24) is 0 Å². The van der Waals surface area contributed by atoms with E-state index < -0.39 is 6.09 Å². The Morgan fingerprint density at radius 1 is 1.47 bits per heavy atom. The van der Waals surface area contributed by atoms with Crippen LogP contribution in [-0.4, -0.2) is 26.6 Å². The molecule has 0 spiro atoms. The molecule has 0 bridgehead atoms. The molecule has 0 aliphatic carbocycles. The molecule has 0 saturated heterocycles. The van der Waals surface area contributed by atoms with Crippen molar-refractivity contribution in [3.8, 4) is 0 Å². The summed E-state index contributed by atoms with van der Waals surface area (Å²) in [4.78, 5) is 10.6. The van der Waals surface area contributed by atoms with Crippen molar-refractivity contribution in [2.75, 3.05) is 20.5 Å². The predicted octanol–water partition coefficient (Wildman–Crippen LogP) is 2.05. The molecule has 0 fully saturated rings. The van der Waals surface area contributed by atoms with Crippen LogP contribution in [0.4, 0.5) is 4.79 Å². The number of amides is 1. The topological polar surface area (TPSA) is 70.8 Å². The summed E-state index contributed by atoms with van der Waals surface area (Å²) in [5, 5.41) is 0. The third kappa shape index (κ3) is 4.88. The number of carbonyl (C=O) groups excluding carboxylic acids is 1. The van der Waals surface area contributed by atoms with Gasteiger partial charge in [-0.1, -0.05) is 18.2 Å². The molecule has 0 aliphatic rings. The molecule has 2 N–H and O–H groups in total. The monoisotopic (exact) mass is 351 g/mol. The fourth-order valence-electron chi connectivity index (χ4n) is 1.27. The fraction of sp³-hybridized carbons (Fsp3) is 0.364. The molecule has 1 amide bonds. The highest BCUT2D eigenvalue weighted by Gasteiger charge is 2.16. The van der Waals surface area contributed by atoms with Gasteiger partial charge in [0.15, 0.2) is 0 Å². The molecule has 0 heterocycles. The molecule has 1 aromatic rings. The predicted molar refractivity (Wildman–Crippen MR) is 70.4 cm³/mol. The molecule has 6 heteroatoms. The molecule has 17 heavy (non-hydrogen) atoms. The van der Waals surface area contributed by atoms with Gasteiger partial charge in [0.05, 0.1) is 0 Å². The maximum absolute atomic E-state index is 10.6. The third-order valence-corrected chi connectivity index (χ3v) is 3.00. The van der Waals surface area contributed by atoms with Crippen LogP contribution >= 0.6 is 22.6 Å². The van der Waals surface area contributed by atoms with E-state index >= 15 is 0 Å². The summed E-state index contributed by atoms with van der Waals surface area (Å²) in [5.74, 6) is 0. The van der Waals surface area contributed by atoms with E-state index in [0.29, 0.717) is 0 Å². The highest BCUT2D eigenvalue weighted by atomic mass is 127. The zero-order valence-corrected chi connectivity index (χ0v) is 11.5. The zero-order valence-electron chi connectivity index (χ0n) is 9.39. The summed E-state index contributed by atoms with van der Waals surface area (Å²) >= 11 is 2.19. The molecule has 1 atom stereocenters. The lowest BCUT2D eigenvalue weighted by atomic mass is 10.1. The Morgan fingerprint density at radius 3 is 2.76 bits per heavy atom. The van der Waals surface area contributed by atoms with Crippen LogP contribution in [0.1, 0.15) is 11.7 Å². The first-order chi connectivity index (χ1) is 8.15.